The topological polar surface area (TPSA) is 18.8 Å². The zero-order chi connectivity index (χ0) is 11.4. The van der Waals surface area contributed by atoms with E-state index in [4.69, 9.17) is 0 Å². The zero-order valence-corrected chi connectivity index (χ0v) is 10.8. The summed E-state index contributed by atoms with van der Waals surface area (Å²) >= 11 is 0. The summed E-state index contributed by atoms with van der Waals surface area (Å²) in [5, 5.41) is 0. The minimum atomic E-state index is 0.981. The molecule has 0 bridgehead atoms. The molecule has 0 heterocycles. The van der Waals surface area contributed by atoms with Crippen LogP contribution < -0.4 is 0 Å². The summed E-state index contributed by atoms with van der Waals surface area (Å²) < 4.78 is 0. The number of rotatable bonds is 0. The van der Waals surface area contributed by atoms with E-state index >= 15 is 0 Å². The van der Waals surface area contributed by atoms with Gasteiger partial charge in [-0.15, -0.1) is 0 Å². The molecule has 0 amide bonds. The fraction of sp³-hybridized carbons (Fsp3) is 0.900. The van der Waals surface area contributed by atoms with Crippen molar-refractivity contribution in [2.75, 3.05) is 35.2 Å². The zero-order valence-electron chi connectivity index (χ0n) is 10.8. The van der Waals surface area contributed by atoms with E-state index in [0.29, 0.717) is 0 Å². The third-order valence-corrected chi connectivity index (χ3v) is 1.000. The van der Waals surface area contributed by atoms with Gasteiger partial charge in [-0.1, -0.05) is 27.7 Å². The van der Waals surface area contributed by atoms with Crippen LogP contribution in [0.3, 0.4) is 0 Å². The molecule has 3 nitrogen and oxygen atoms in total. The van der Waals surface area contributed by atoms with Crippen molar-refractivity contribution in [3.8, 4) is 0 Å². The Morgan fingerprint density at radius 3 is 1.00 bits per heavy atom. The predicted octanol–water partition coefficient (Wildman–Crippen LogP) is 2.15. The number of hydrogen-bond acceptors (Lipinski definition) is 1. The molecule has 13 heavy (non-hydrogen) atoms. The van der Waals surface area contributed by atoms with Crippen molar-refractivity contribution >= 4 is 5.96 Å². The van der Waals surface area contributed by atoms with Gasteiger partial charge in [-0.2, -0.15) is 0 Å². The first kappa shape index (κ1) is 18.1. The van der Waals surface area contributed by atoms with Gasteiger partial charge in [0.1, 0.15) is 0 Å². The summed E-state index contributed by atoms with van der Waals surface area (Å²) in [5.74, 6) is 0.981. The lowest BCUT2D eigenvalue weighted by molar-refractivity contribution is 0.482. The molecule has 3 heteroatoms. The molecule has 0 saturated heterocycles. The Bertz CT molecular complexity index is 96.7. The fourth-order valence-electron chi connectivity index (χ4n) is 0.800. The van der Waals surface area contributed by atoms with Gasteiger partial charge in [0.15, 0.2) is 5.96 Å². The molecule has 0 rings (SSSR count). The van der Waals surface area contributed by atoms with E-state index in [1.165, 1.54) is 0 Å². The van der Waals surface area contributed by atoms with Crippen LogP contribution in [0.25, 0.3) is 0 Å². The van der Waals surface area contributed by atoms with Crippen LogP contribution in [0, 0.1) is 0 Å². The Morgan fingerprint density at radius 1 is 0.769 bits per heavy atom. The van der Waals surface area contributed by atoms with Crippen molar-refractivity contribution < 1.29 is 0 Å². The monoisotopic (exact) mass is 189 g/mol. The first-order valence-corrected chi connectivity index (χ1v) is 4.91. The first-order valence-electron chi connectivity index (χ1n) is 4.91. The van der Waals surface area contributed by atoms with E-state index < -0.39 is 0 Å². The van der Waals surface area contributed by atoms with Gasteiger partial charge in [0.25, 0.3) is 0 Å². The molecule has 0 aliphatic carbocycles. The Balaban J connectivity index is -0.000000218. The lowest BCUT2D eigenvalue weighted by Gasteiger charge is -2.21. The third-order valence-electron chi connectivity index (χ3n) is 1.000. The molecule has 0 aromatic carbocycles. The summed E-state index contributed by atoms with van der Waals surface area (Å²) in [5.41, 5.74) is 0. The quantitative estimate of drug-likeness (QED) is 0.429. The molecule has 0 aromatic rings. The second-order valence-corrected chi connectivity index (χ2v) is 2.31. The average Bonchev–Trinajstić information content (AvgIpc) is 2.11. The van der Waals surface area contributed by atoms with Crippen molar-refractivity contribution in [1.29, 1.82) is 0 Å². The maximum Gasteiger partial charge on any atom is 0.195 e. The smallest absolute Gasteiger partial charge is 0.195 e. The van der Waals surface area contributed by atoms with Crippen molar-refractivity contribution in [3.05, 3.63) is 0 Å². The van der Waals surface area contributed by atoms with Gasteiger partial charge in [0, 0.05) is 35.2 Å². The molecule has 0 aliphatic heterocycles. The van der Waals surface area contributed by atoms with Crippen LogP contribution in [0.4, 0.5) is 0 Å². The van der Waals surface area contributed by atoms with Crippen molar-refractivity contribution in [3.63, 3.8) is 0 Å². The van der Waals surface area contributed by atoms with E-state index in [9.17, 15) is 0 Å². The molecule has 0 radical (unpaired) electrons. The van der Waals surface area contributed by atoms with Crippen molar-refractivity contribution in [2.24, 2.45) is 4.99 Å². The van der Waals surface area contributed by atoms with Gasteiger partial charge >= 0.3 is 0 Å². The normalized spacial score (nSPS) is 6.85. The fourth-order valence-corrected chi connectivity index (χ4v) is 0.800. The summed E-state index contributed by atoms with van der Waals surface area (Å²) in [6.07, 6.45) is 0. The standard InChI is InChI=1S/C6H15N3.2C2H6/c1-7-6(8(2)3)9(4)5;2*1-2/h1-5H3;2*1-2H3. The molecule has 0 atom stereocenters. The average molecular weight is 189 g/mol. The van der Waals surface area contributed by atoms with Crippen LogP contribution in [0.1, 0.15) is 27.7 Å². The van der Waals surface area contributed by atoms with Gasteiger partial charge in [0.2, 0.25) is 0 Å². The van der Waals surface area contributed by atoms with Gasteiger partial charge in [-0.3, -0.25) is 4.99 Å². The van der Waals surface area contributed by atoms with E-state index in [-0.39, 0.29) is 0 Å². The minimum Gasteiger partial charge on any atom is -0.349 e. The number of guanidine groups is 1. The SMILES string of the molecule is CC.CC.CN=C(N(C)C)N(C)C. The van der Waals surface area contributed by atoms with Crippen LogP contribution >= 0.6 is 0 Å². The summed E-state index contributed by atoms with van der Waals surface area (Å²) in [4.78, 5) is 8.00. The highest BCUT2D eigenvalue weighted by Crippen LogP contribution is 1.85. The molecule has 0 aromatic heterocycles. The third kappa shape index (κ3) is 11.3. The van der Waals surface area contributed by atoms with Crippen molar-refractivity contribution in [1.82, 2.24) is 9.80 Å². The minimum absolute atomic E-state index is 0.981. The largest absolute Gasteiger partial charge is 0.349 e. The van der Waals surface area contributed by atoms with Crippen LogP contribution in [0.5, 0.6) is 0 Å². The molecule has 0 saturated carbocycles. The van der Waals surface area contributed by atoms with Crippen LogP contribution in [0.15, 0.2) is 4.99 Å². The van der Waals surface area contributed by atoms with E-state index in [0.717, 1.165) is 5.96 Å². The molecule has 0 N–H and O–H groups in total. The van der Waals surface area contributed by atoms with Gasteiger partial charge in [-0.05, 0) is 0 Å². The Labute approximate surface area is 84.5 Å². The van der Waals surface area contributed by atoms with Crippen molar-refractivity contribution in [2.45, 2.75) is 27.7 Å². The first-order chi connectivity index (χ1) is 6.09. The number of aliphatic imine (C=N–C) groups is 1. The van der Waals surface area contributed by atoms with Crippen LogP contribution in [0.2, 0.25) is 0 Å². The van der Waals surface area contributed by atoms with Crippen LogP contribution in [-0.2, 0) is 0 Å². The Hall–Kier alpha value is -0.730. The second kappa shape index (κ2) is 13.8. The van der Waals surface area contributed by atoms with Gasteiger partial charge in [0.05, 0.1) is 0 Å². The second-order valence-electron chi connectivity index (χ2n) is 2.31. The highest BCUT2D eigenvalue weighted by Gasteiger charge is 1.99. The molecular formula is C10H27N3. The molecule has 0 spiro atoms. The van der Waals surface area contributed by atoms with E-state index in [2.05, 4.69) is 4.99 Å². The maximum atomic E-state index is 4.06. The van der Waals surface area contributed by atoms with E-state index in [1.54, 1.807) is 7.05 Å². The molecular weight excluding hydrogens is 162 g/mol. The summed E-state index contributed by atoms with van der Waals surface area (Å²) in [7, 11) is 9.69. The van der Waals surface area contributed by atoms with Gasteiger partial charge in [-0.25, -0.2) is 0 Å². The lowest BCUT2D eigenvalue weighted by atomic mass is 10.7. The maximum absolute atomic E-state index is 4.06. The number of nitrogens with zero attached hydrogens (tertiary/aromatic N) is 3. The number of hydrogen-bond donors (Lipinski definition) is 0. The highest BCUT2D eigenvalue weighted by atomic mass is 15.3. The van der Waals surface area contributed by atoms with E-state index in [1.807, 2.05) is 65.7 Å². The summed E-state index contributed by atoms with van der Waals surface area (Å²) in [6, 6.07) is 0. The Morgan fingerprint density at radius 2 is 1.00 bits per heavy atom. The molecule has 0 fully saturated rings. The molecule has 0 unspecified atom stereocenters. The molecule has 0 aliphatic rings. The summed E-state index contributed by atoms with van der Waals surface area (Å²) in [6.45, 7) is 8.00. The van der Waals surface area contributed by atoms with Crippen LogP contribution in [-0.4, -0.2) is 51.0 Å². The lowest BCUT2D eigenvalue weighted by Crippen LogP contribution is -2.35. The Kier molecular flexibility index (Phi) is 19.3. The van der Waals surface area contributed by atoms with Gasteiger partial charge < -0.3 is 9.80 Å². The molecule has 82 valence electrons. The highest BCUT2D eigenvalue weighted by molar-refractivity contribution is 5.78. The predicted molar refractivity (Wildman–Crippen MR) is 63.4 cm³/mol.